The minimum atomic E-state index is 0.119. The Labute approximate surface area is 126 Å². The van der Waals surface area contributed by atoms with Crippen LogP contribution in [0.4, 0.5) is 5.69 Å². The van der Waals surface area contributed by atoms with Crippen LogP contribution in [0.1, 0.15) is 29.2 Å². The molecule has 3 heteroatoms. The summed E-state index contributed by atoms with van der Waals surface area (Å²) >= 11 is 0. The predicted octanol–water partition coefficient (Wildman–Crippen LogP) is 3.48. The quantitative estimate of drug-likeness (QED) is 0.651. The van der Waals surface area contributed by atoms with Crippen LogP contribution >= 0.6 is 0 Å². The molecule has 0 amide bonds. The van der Waals surface area contributed by atoms with E-state index in [1.807, 2.05) is 12.1 Å². The highest BCUT2D eigenvalue weighted by atomic mass is 15.1. The highest BCUT2D eigenvalue weighted by Crippen LogP contribution is 2.19. The molecular formula is C18H23N3. The molecule has 0 atom stereocenters. The average molecular weight is 281 g/mol. The fourth-order valence-corrected chi connectivity index (χ4v) is 2.37. The van der Waals surface area contributed by atoms with Crippen LogP contribution in [0.25, 0.3) is 0 Å². The molecule has 0 unspecified atom stereocenters. The average Bonchev–Trinajstić information content (AvgIpc) is 2.49. The summed E-state index contributed by atoms with van der Waals surface area (Å²) in [4.78, 5) is 2.23. The van der Waals surface area contributed by atoms with E-state index < -0.39 is 0 Å². The van der Waals surface area contributed by atoms with E-state index in [0.717, 1.165) is 18.5 Å². The second-order valence-electron chi connectivity index (χ2n) is 5.43. The minimum Gasteiger partial charge on any atom is -0.384 e. The van der Waals surface area contributed by atoms with E-state index in [-0.39, 0.29) is 5.84 Å². The molecule has 0 saturated heterocycles. The van der Waals surface area contributed by atoms with Crippen molar-refractivity contribution in [1.29, 1.82) is 5.41 Å². The van der Waals surface area contributed by atoms with Crippen LogP contribution in [0, 0.1) is 12.3 Å². The molecule has 0 fully saturated rings. The van der Waals surface area contributed by atoms with Gasteiger partial charge in [0.05, 0.1) is 0 Å². The summed E-state index contributed by atoms with van der Waals surface area (Å²) in [5, 5.41) is 7.48. The summed E-state index contributed by atoms with van der Waals surface area (Å²) in [6.07, 6.45) is 1.07. The second kappa shape index (κ2) is 6.44. The Balaban J connectivity index is 2.14. The van der Waals surface area contributed by atoms with E-state index >= 15 is 0 Å². The number of hydrogen-bond donors (Lipinski definition) is 2. The van der Waals surface area contributed by atoms with Crippen molar-refractivity contribution in [3.05, 3.63) is 64.7 Å². The van der Waals surface area contributed by atoms with Crippen molar-refractivity contribution in [3.8, 4) is 0 Å². The van der Waals surface area contributed by atoms with E-state index in [9.17, 15) is 0 Å². The largest absolute Gasteiger partial charge is 0.384 e. The van der Waals surface area contributed by atoms with Gasteiger partial charge in [-0.15, -0.1) is 0 Å². The third-order valence-electron chi connectivity index (χ3n) is 3.85. The predicted molar refractivity (Wildman–Crippen MR) is 90.1 cm³/mol. The van der Waals surface area contributed by atoms with E-state index in [2.05, 4.69) is 56.1 Å². The Morgan fingerprint density at radius 1 is 1.14 bits per heavy atom. The number of nitrogen functional groups attached to an aromatic ring is 1. The molecule has 2 aromatic rings. The van der Waals surface area contributed by atoms with Gasteiger partial charge in [0, 0.05) is 24.8 Å². The number of hydrogen-bond acceptors (Lipinski definition) is 2. The van der Waals surface area contributed by atoms with Crippen LogP contribution in [-0.4, -0.2) is 12.9 Å². The third-order valence-corrected chi connectivity index (χ3v) is 3.85. The van der Waals surface area contributed by atoms with Crippen LogP contribution in [0.5, 0.6) is 0 Å². The number of rotatable bonds is 5. The Kier molecular flexibility index (Phi) is 4.63. The molecule has 110 valence electrons. The number of nitrogens with zero attached hydrogens (tertiary/aromatic N) is 1. The van der Waals surface area contributed by atoms with Gasteiger partial charge >= 0.3 is 0 Å². The second-order valence-corrected chi connectivity index (χ2v) is 5.43. The van der Waals surface area contributed by atoms with Crippen LogP contribution in [0.2, 0.25) is 0 Å². The Morgan fingerprint density at radius 2 is 1.81 bits per heavy atom. The van der Waals surface area contributed by atoms with Gasteiger partial charge in [0.15, 0.2) is 0 Å². The Morgan fingerprint density at radius 3 is 2.33 bits per heavy atom. The van der Waals surface area contributed by atoms with Crippen molar-refractivity contribution < 1.29 is 0 Å². The molecule has 0 radical (unpaired) electrons. The first-order valence-electron chi connectivity index (χ1n) is 7.25. The molecule has 0 saturated carbocycles. The third kappa shape index (κ3) is 3.63. The van der Waals surface area contributed by atoms with Crippen molar-refractivity contribution in [3.63, 3.8) is 0 Å². The summed E-state index contributed by atoms with van der Waals surface area (Å²) in [7, 11) is 2.10. The lowest BCUT2D eigenvalue weighted by molar-refractivity contribution is 0.913. The van der Waals surface area contributed by atoms with Crippen molar-refractivity contribution in [2.45, 2.75) is 26.8 Å². The maximum atomic E-state index is 7.48. The maximum absolute atomic E-state index is 7.48. The zero-order valence-electron chi connectivity index (χ0n) is 13.0. The minimum absolute atomic E-state index is 0.119. The Hall–Kier alpha value is -2.29. The molecule has 0 heterocycles. The molecule has 0 spiro atoms. The summed E-state index contributed by atoms with van der Waals surface area (Å²) in [5.41, 5.74) is 11.3. The monoisotopic (exact) mass is 281 g/mol. The number of amidine groups is 1. The van der Waals surface area contributed by atoms with E-state index in [4.69, 9.17) is 11.1 Å². The van der Waals surface area contributed by atoms with Gasteiger partial charge in [-0.05, 0) is 48.2 Å². The highest BCUT2D eigenvalue weighted by molar-refractivity contribution is 5.95. The number of nitrogens with two attached hydrogens (primary N) is 1. The van der Waals surface area contributed by atoms with Crippen LogP contribution in [0.15, 0.2) is 42.5 Å². The number of nitrogens with one attached hydrogen (secondary N) is 1. The fraction of sp³-hybridized carbons (Fsp3) is 0.278. The van der Waals surface area contributed by atoms with Gasteiger partial charge in [0.25, 0.3) is 0 Å². The van der Waals surface area contributed by atoms with Gasteiger partial charge in [-0.2, -0.15) is 0 Å². The van der Waals surface area contributed by atoms with Crippen molar-refractivity contribution in [2.24, 2.45) is 5.73 Å². The smallest absolute Gasteiger partial charge is 0.122 e. The van der Waals surface area contributed by atoms with Gasteiger partial charge in [0.2, 0.25) is 0 Å². The normalized spacial score (nSPS) is 10.4. The molecule has 0 aliphatic rings. The molecule has 0 aromatic heterocycles. The van der Waals surface area contributed by atoms with Gasteiger partial charge in [0.1, 0.15) is 5.84 Å². The first-order valence-corrected chi connectivity index (χ1v) is 7.25. The zero-order chi connectivity index (χ0) is 15.4. The molecule has 21 heavy (non-hydrogen) atoms. The molecule has 0 bridgehead atoms. The number of benzene rings is 2. The molecule has 3 nitrogen and oxygen atoms in total. The van der Waals surface area contributed by atoms with E-state index in [1.165, 1.54) is 22.4 Å². The summed E-state index contributed by atoms with van der Waals surface area (Å²) < 4.78 is 0. The number of aryl methyl sites for hydroxylation is 2. The lowest BCUT2D eigenvalue weighted by atomic mass is 10.0. The molecule has 0 aliphatic carbocycles. The summed E-state index contributed by atoms with van der Waals surface area (Å²) in [6.45, 7) is 5.07. The number of anilines is 1. The van der Waals surface area contributed by atoms with Crippen molar-refractivity contribution in [1.82, 2.24) is 0 Å². The SMILES string of the molecule is CCc1ccc(N(C)Cc2ccc(C(=N)N)cc2C)cc1. The lowest BCUT2D eigenvalue weighted by Gasteiger charge is -2.21. The molecule has 3 N–H and O–H groups in total. The fourth-order valence-electron chi connectivity index (χ4n) is 2.37. The summed E-state index contributed by atoms with van der Waals surface area (Å²) in [6, 6.07) is 14.6. The van der Waals surface area contributed by atoms with Crippen molar-refractivity contribution in [2.75, 3.05) is 11.9 Å². The molecule has 2 aromatic carbocycles. The lowest BCUT2D eigenvalue weighted by Crippen LogP contribution is -2.18. The summed E-state index contributed by atoms with van der Waals surface area (Å²) in [5.74, 6) is 0.119. The maximum Gasteiger partial charge on any atom is 0.122 e. The van der Waals surface area contributed by atoms with Crippen molar-refractivity contribution >= 4 is 11.5 Å². The van der Waals surface area contributed by atoms with Gasteiger partial charge in [-0.1, -0.05) is 31.2 Å². The first-order chi connectivity index (χ1) is 10.0. The van der Waals surface area contributed by atoms with Crippen LogP contribution in [0.3, 0.4) is 0 Å². The zero-order valence-corrected chi connectivity index (χ0v) is 13.0. The van der Waals surface area contributed by atoms with Gasteiger partial charge in [-0.3, -0.25) is 5.41 Å². The first kappa shape index (κ1) is 15.1. The molecule has 0 aliphatic heterocycles. The highest BCUT2D eigenvalue weighted by Gasteiger charge is 2.06. The van der Waals surface area contributed by atoms with Crippen LogP contribution in [-0.2, 0) is 13.0 Å². The topological polar surface area (TPSA) is 53.1 Å². The van der Waals surface area contributed by atoms with Gasteiger partial charge in [-0.25, -0.2) is 0 Å². The van der Waals surface area contributed by atoms with Crippen LogP contribution < -0.4 is 10.6 Å². The molecule has 2 rings (SSSR count). The van der Waals surface area contributed by atoms with E-state index in [0.29, 0.717) is 0 Å². The van der Waals surface area contributed by atoms with Gasteiger partial charge < -0.3 is 10.6 Å². The standard InChI is InChI=1S/C18H23N3/c1-4-14-5-9-17(10-6-14)21(3)12-16-8-7-15(18(19)20)11-13(16)2/h5-11H,4,12H2,1-3H3,(H3,19,20). The Bertz CT molecular complexity index is 629. The molecular weight excluding hydrogens is 258 g/mol. The van der Waals surface area contributed by atoms with E-state index in [1.54, 1.807) is 0 Å².